The van der Waals surface area contributed by atoms with Gasteiger partial charge in [0, 0.05) is 75.4 Å². The van der Waals surface area contributed by atoms with Gasteiger partial charge in [-0.15, -0.1) is 0 Å². The second-order valence-electron chi connectivity index (χ2n) is 34.5. The topological polar surface area (TPSA) is 256 Å². The fourth-order valence-electron chi connectivity index (χ4n) is 17.4. The maximum atomic E-state index is 13.0. The van der Waals surface area contributed by atoms with Gasteiger partial charge in [-0.2, -0.15) is 0 Å². The van der Waals surface area contributed by atoms with E-state index in [1.54, 1.807) is 126 Å². The van der Waals surface area contributed by atoms with Crippen LogP contribution < -0.4 is 51.5 Å². The average Bonchev–Trinajstić information content (AvgIpc) is 1.66. The Morgan fingerprint density at radius 1 is 0.264 bits per heavy atom. The largest absolute Gasteiger partial charge is 0.340 e. The summed E-state index contributed by atoms with van der Waals surface area (Å²) in [7, 11) is 6.67. The van der Waals surface area contributed by atoms with E-state index in [0.717, 1.165) is 83.5 Å². The van der Waals surface area contributed by atoms with Crippen LogP contribution in [0.3, 0.4) is 0 Å². The highest BCUT2D eigenvalue weighted by Crippen LogP contribution is 2.37. The lowest BCUT2D eigenvalue weighted by Gasteiger charge is -2.27. The number of anilines is 5. The number of carbonyl (C=O) groups is 10. The summed E-state index contributed by atoms with van der Waals surface area (Å²) in [6, 6.07) is 113. The fraction of sp³-hybridized carbons (Fsp3) is 0.130. The highest BCUT2D eigenvalue weighted by atomic mass is 35.5. The van der Waals surface area contributed by atoms with Crippen molar-refractivity contribution in [2.75, 3.05) is 53.1 Å². The van der Waals surface area contributed by atoms with E-state index in [1.165, 1.54) is 19.6 Å². The Labute approximate surface area is 836 Å². The molecule has 20 nitrogen and oxygen atoms in total. The smallest absolute Gasteiger partial charge is 0.255 e. The first-order chi connectivity index (χ1) is 67.6. The molecular weight excluding hydrogens is 1860 g/mol. The lowest BCUT2D eigenvalue weighted by atomic mass is 9.91. The zero-order valence-corrected chi connectivity index (χ0v) is 80.5. The van der Waals surface area contributed by atoms with E-state index in [1.807, 2.05) is 212 Å². The van der Waals surface area contributed by atoms with Gasteiger partial charge in [-0.1, -0.05) is 343 Å². The molecule has 0 radical (unpaired) electrons. The normalized spacial score (nSPS) is 16.8. The van der Waals surface area contributed by atoms with Gasteiger partial charge in [0.25, 0.3) is 29.5 Å². The molecule has 6 N–H and O–H groups in total. The maximum Gasteiger partial charge on any atom is 0.255 e. The lowest BCUT2D eigenvalue weighted by Crippen LogP contribution is -2.54. The van der Waals surface area contributed by atoms with E-state index in [4.69, 9.17) is 58.0 Å². The van der Waals surface area contributed by atoms with Crippen molar-refractivity contribution in [2.45, 2.75) is 68.7 Å². The third-order valence-electron chi connectivity index (χ3n) is 25.0. The van der Waals surface area contributed by atoms with E-state index in [0.29, 0.717) is 113 Å². The van der Waals surface area contributed by atoms with E-state index in [2.05, 4.69) is 92.6 Å². The van der Waals surface area contributed by atoms with Gasteiger partial charge in [0.15, 0.2) is 0 Å². The van der Waals surface area contributed by atoms with E-state index < -0.39 is 29.7 Å². The third-order valence-corrected chi connectivity index (χ3v) is 26.3. The quantitative estimate of drug-likeness (QED) is 0.0566. The molecule has 0 fully saturated rings. The zero-order valence-electron chi connectivity index (χ0n) is 76.7. The predicted molar refractivity (Wildman–Crippen MR) is 558 cm³/mol. The van der Waals surface area contributed by atoms with Crippen LogP contribution in [-0.2, 0) is 56.1 Å². The number of para-hydroxylation sites is 1. The van der Waals surface area contributed by atoms with Gasteiger partial charge in [-0.3, -0.25) is 47.9 Å². The summed E-state index contributed by atoms with van der Waals surface area (Å²) in [6.45, 7) is 1.73. The third kappa shape index (κ3) is 22.8. The molecule has 5 aliphatic heterocycles. The number of likely N-dealkylation sites (N-methyl/N-ethyl adjacent to an activating group) is 4. The molecule has 0 saturated heterocycles. The molecule has 4 unspecified atom stereocenters. The van der Waals surface area contributed by atoms with Crippen LogP contribution in [0.25, 0.3) is 55.6 Å². The first kappa shape index (κ1) is 97.5. The average molecular weight is 1950 g/mol. The van der Waals surface area contributed by atoms with E-state index >= 15 is 0 Å². The summed E-state index contributed by atoms with van der Waals surface area (Å²) in [5.41, 5.74) is 19.5. The number of benzene rings is 15. The van der Waals surface area contributed by atoms with Crippen LogP contribution in [0.15, 0.2) is 364 Å². The maximum absolute atomic E-state index is 13.0. The van der Waals surface area contributed by atoms with Crippen molar-refractivity contribution in [3.05, 3.63) is 445 Å². The Hall–Kier alpha value is -15.6. The van der Waals surface area contributed by atoms with Gasteiger partial charge in [-0.05, 0) is 169 Å². The van der Waals surface area contributed by atoms with Crippen LogP contribution in [0.1, 0.15) is 86.5 Å². The number of amides is 10. The molecule has 0 saturated carbocycles. The molecule has 15 aromatic carbocycles. The summed E-state index contributed by atoms with van der Waals surface area (Å²) in [5, 5.41) is 19.2. The minimum atomic E-state index is -1.07. The van der Waals surface area contributed by atoms with Crippen LogP contribution >= 0.6 is 58.0 Å². The molecular formula is C115H95Cl5N10O10. The molecule has 15 aromatic rings. The van der Waals surface area contributed by atoms with Gasteiger partial charge in [0.2, 0.25) is 29.5 Å². The molecule has 0 bridgehead atoms. The number of rotatable bonds is 15. The number of hydrogen-bond donors (Lipinski definition) is 6. The molecule has 140 heavy (non-hydrogen) atoms. The number of nitrogens with zero attached hydrogens (tertiary/aromatic N) is 4. The molecule has 0 spiro atoms. The zero-order chi connectivity index (χ0) is 98.4. The van der Waals surface area contributed by atoms with Crippen LogP contribution in [0.4, 0.5) is 28.4 Å². The molecule has 0 aliphatic carbocycles. The molecule has 5 aliphatic rings. The summed E-state index contributed by atoms with van der Waals surface area (Å²) >= 11 is 30.5. The Kier molecular flexibility index (Phi) is 30.5. The Balaban J connectivity index is 0.000000126. The highest BCUT2D eigenvalue weighted by molar-refractivity contribution is 6.36. The Morgan fingerprint density at radius 3 is 1.01 bits per heavy atom. The number of fused-ring (bicyclic) bond motifs is 5. The van der Waals surface area contributed by atoms with Crippen molar-refractivity contribution < 1.29 is 47.9 Å². The molecule has 5 atom stereocenters. The van der Waals surface area contributed by atoms with Gasteiger partial charge in [0.05, 0.1) is 66.3 Å². The second kappa shape index (κ2) is 43.9. The van der Waals surface area contributed by atoms with Gasteiger partial charge in [0.1, 0.15) is 29.7 Å². The van der Waals surface area contributed by atoms with E-state index in [-0.39, 0.29) is 59.1 Å². The van der Waals surface area contributed by atoms with Crippen molar-refractivity contribution in [3.8, 4) is 55.6 Å². The van der Waals surface area contributed by atoms with Crippen LogP contribution in [0.2, 0.25) is 25.1 Å². The van der Waals surface area contributed by atoms with Crippen LogP contribution in [0.5, 0.6) is 0 Å². The number of halogens is 5. The molecule has 25 heteroatoms. The molecule has 700 valence electrons. The lowest BCUT2D eigenvalue weighted by molar-refractivity contribution is -0.121. The summed E-state index contributed by atoms with van der Waals surface area (Å²) < 4.78 is 0. The molecule has 0 aromatic heterocycles. The second-order valence-corrected chi connectivity index (χ2v) is 36.6. The molecule has 20 rings (SSSR count). The minimum absolute atomic E-state index is 0.151. The predicted octanol–water partition coefficient (Wildman–Crippen LogP) is 22.0. The summed E-state index contributed by atoms with van der Waals surface area (Å²) in [5.74, 6) is -2.42. The van der Waals surface area contributed by atoms with Crippen molar-refractivity contribution in [3.63, 3.8) is 0 Å². The number of carbonyl (C=O) groups excluding carboxylic acids is 10. The summed E-state index contributed by atoms with van der Waals surface area (Å²) in [6.07, 6.45) is 2.05. The SMILES string of the molecule is CN1C(=O)C(Cc2ccc(-c3ccccc3)cc2)NC(=O)c2c(Cl)cccc21.CN1C(=O)C(Cc2ccc(-c3ccccc3)cc2)NC(=O)c2cc(Cl)ccc21.CN1C(=O)C(Cc2ccc(-c3ccccc3)cc2)NC(=O)c2ccc(Cl)cc21.CN1C(=O)C(Cc2ccc(-c3ccccc3)cc2)NC(=O)c2cccc(Cl)c21.C[C@@]1(Cc2ccc(-c3ccccc3)cc2)NC(=O)c2cc(Cl)ccc2NC1=O. The summed E-state index contributed by atoms with van der Waals surface area (Å²) in [4.78, 5) is 134. The van der Waals surface area contributed by atoms with Gasteiger partial charge in [-0.25, -0.2) is 0 Å². The monoisotopic (exact) mass is 1950 g/mol. The highest BCUT2D eigenvalue weighted by Gasteiger charge is 2.41. The van der Waals surface area contributed by atoms with Gasteiger partial charge < -0.3 is 51.5 Å². The number of hydrogen-bond acceptors (Lipinski definition) is 10. The minimum Gasteiger partial charge on any atom is -0.340 e. The Bertz CT molecular complexity index is 6970. The first-order valence-corrected chi connectivity index (χ1v) is 47.1. The Morgan fingerprint density at radius 2 is 0.586 bits per heavy atom. The molecule has 10 amide bonds. The van der Waals surface area contributed by atoms with Crippen LogP contribution in [0, 0.1) is 0 Å². The van der Waals surface area contributed by atoms with Crippen molar-refractivity contribution in [1.82, 2.24) is 26.6 Å². The van der Waals surface area contributed by atoms with Crippen LogP contribution in [-0.4, -0.2) is 117 Å². The van der Waals surface area contributed by atoms with Crippen molar-refractivity contribution in [1.29, 1.82) is 0 Å². The number of nitrogens with one attached hydrogen (secondary N) is 6. The van der Waals surface area contributed by atoms with Gasteiger partial charge >= 0.3 is 0 Å². The fourth-order valence-corrected chi connectivity index (χ4v) is 18.4. The van der Waals surface area contributed by atoms with E-state index in [9.17, 15) is 47.9 Å². The van der Waals surface area contributed by atoms with Crippen molar-refractivity contribution >= 4 is 146 Å². The first-order valence-electron chi connectivity index (χ1n) is 45.2. The standard InChI is InChI=1S/5C23H19ClN2O2/c1-26-20-9-5-8-18(24)21(20)22(27)25-19(23(26)28)14-15-10-12-17(13-11-15)16-6-3-2-4-7-16;1-26-21-18(8-5-9-19(21)24)22(27)25-20(23(26)28)14-15-10-12-17(13-11-15)16-6-3-2-4-7-16;1-23(14-15-7-9-17(10-8-15)16-5-3-2-4-6-16)22(28)25-20-12-11-18(24)13-19(20)21(27)26-23;1-26-21-12-11-18(24)14-19(21)22(27)25-20(23(26)28)13-15-7-9-17(10-8-15)16-5-3-2-4-6-16;1-26-21-14-18(24)11-12-19(21)22(27)25-20(23(26)28)13-15-7-9-17(10-8-15)16-5-3-2-4-6-16/h2-13,19H,14H2,1H3,(H,25,27);2-13,20H,14H2,1H3,(H,25,27);2-13H,14H2,1H3,(H,25,28)(H,26,27);2*2-12,14,20H,13H2,1H3,(H,25,27)/t;;23-;;/m..0../s1. The van der Waals surface area contributed by atoms with Crippen molar-refractivity contribution in [2.24, 2.45) is 0 Å². The molecule has 5 heterocycles.